The summed E-state index contributed by atoms with van der Waals surface area (Å²) < 4.78 is 0. The Kier molecular flexibility index (Phi) is 1.51. The van der Waals surface area contributed by atoms with E-state index in [-0.39, 0.29) is 0 Å². The van der Waals surface area contributed by atoms with Crippen molar-refractivity contribution in [2.75, 3.05) is 0 Å². The molecule has 1 saturated heterocycles. The van der Waals surface area contributed by atoms with Gasteiger partial charge in [0.2, 0.25) is 11.6 Å². The topological polar surface area (TPSA) is 99.3 Å². The van der Waals surface area contributed by atoms with Gasteiger partial charge in [-0.05, 0) is 0 Å². The summed E-state index contributed by atoms with van der Waals surface area (Å²) in [6.07, 6.45) is 0. The van der Waals surface area contributed by atoms with E-state index in [9.17, 15) is 14.4 Å². The Morgan fingerprint density at radius 1 is 0.833 bits per heavy atom. The third kappa shape index (κ3) is 0.816. The van der Waals surface area contributed by atoms with Crippen molar-refractivity contribution in [1.82, 2.24) is 21.9 Å². The molecular formula is C5H6N4O3. The molecule has 0 spiro atoms. The quantitative estimate of drug-likeness (QED) is 0.281. The van der Waals surface area contributed by atoms with Crippen LogP contribution in [0.2, 0.25) is 0 Å². The maximum atomic E-state index is 11.0. The summed E-state index contributed by atoms with van der Waals surface area (Å²) in [7, 11) is 0. The van der Waals surface area contributed by atoms with E-state index in [0.29, 0.717) is 0 Å². The lowest BCUT2D eigenvalue weighted by molar-refractivity contribution is -0.140. The van der Waals surface area contributed by atoms with Crippen LogP contribution in [0.4, 0.5) is 0 Å². The van der Waals surface area contributed by atoms with Gasteiger partial charge >= 0.3 is 0 Å². The molecule has 0 aromatic rings. The van der Waals surface area contributed by atoms with Crippen molar-refractivity contribution in [2.45, 2.75) is 12.1 Å². The molecule has 0 aromatic heterocycles. The Labute approximate surface area is 66.8 Å². The molecule has 4 N–H and O–H groups in total. The first-order valence-electron chi connectivity index (χ1n) is 3.35. The predicted molar refractivity (Wildman–Crippen MR) is 35.1 cm³/mol. The first-order chi connectivity index (χ1) is 5.72. The molecule has 7 nitrogen and oxygen atoms in total. The number of Topliss-reactive ketones (excluding diaryl/α,β-unsaturated/α-hetero) is 3. The number of carbonyl (C=O) groups is 3. The molecule has 2 fully saturated rings. The number of hydrogen-bond donors (Lipinski definition) is 4. The van der Waals surface area contributed by atoms with E-state index in [2.05, 4.69) is 21.9 Å². The number of rotatable bonds is 0. The molecule has 2 aliphatic rings. The Morgan fingerprint density at radius 3 is 1.67 bits per heavy atom. The molecule has 2 atom stereocenters. The lowest BCUT2D eigenvalue weighted by atomic mass is 10.2. The molecule has 64 valence electrons. The molecule has 1 aliphatic carbocycles. The van der Waals surface area contributed by atoms with Crippen molar-refractivity contribution in [3.8, 4) is 0 Å². The lowest BCUT2D eigenvalue weighted by Gasteiger charge is -2.25. The Hall–Kier alpha value is -1.15. The van der Waals surface area contributed by atoms with Crippen LogP contribution in [0.15, 0.2) is 0 Å². The van der Waals surface area contributed by atoms with Gasteiger partial charge in [0.15, 0.2) is 0 Å². The second kappa shape index (κ2) is 2.42. The van der Waals surface area contributed by atoms with Crippen LogP contribution in [0.1, 0.15) is 0 Å². The summed E-state index contributed by atoms with van der Waals surface area (Å²) in [5.74, 6) is -2.35. The summed E-state index contributed by atoms with van der Waals surface area (Å²) in [5, 5.41) is 0. The third-order valence-electron chi connectivity index (χ3n) is 1.86. The molecule has 2 unspecified atom stereocenters. The van der Waals surface area contributed by atoms with Crippen LogP contribution in [0.5, 0.6) is 0 Å². The zero-order valence-corrected chi connectivity index (χ0v) is 5.88. The Bertz CT molecular complexity index is 250. The summed E-state index contributed by atoms with van der Waals surface area (Å²) in [5.41, 5.74) is 9.74. The smallest absolute Gasteiger partial charge is 0.267 e. The van der Waals surface area contributed by atoms with Crippen LogP contribution in [0.3, 0.4) is 0 Å². The molecule has 0 aromatic carbocycles. The van der Waals surface area contributed by atoms with Gasteiger partial charge in [-0.3, -0.25) is 14.4 Å². The van der Waals surface area contributed by atoms with Crippen LogP contribution in [-0.2, 0) is 14.4 Å². The van der Waals surface area contributed by atoms with Crippen molar-refractivity contribution in [3.63, 3.8) is 0 Å². The van der Waals surface area contributed by atoms with E-state index >= 15 is 0 Å². The molecule has 0 amide bonds. The highest BCUT2D eigenvalue weighted by Gasteiger charge is 2.50. The number of fused-ring (bicyclic) bond motifs is 1. The highest BCUT2D eigenvalue weighted by molar-refractivity contribution is 6.69. The van der Waals surface area contributed by atoms with Crippen molar-refractivity contribution in [2.24, 2.45) is 0 Å². The minimum absolute atomic E-state index is 0.702. The number of hydrazine groups is 3. The fourth-order valence-corrected chi connectivity index (χ4v) is 1.23. The van der Waals surface area contributed by atoms with Crippen molar-refractivity contribution in [1.29, 1.82) is 0 Å². The normalized spacial score (nSPS) is 35.5. The molecule has 0 bridgehead atoms. The SMILES string of the molecule is O=C1C(=O)C2NNNNC2C1=O. The van der Waals surface area contributed by atoms with Gasteiger partial charge in [0.25, 0.3) is 5.78 Å². The average molecular weight is 170 g/mol. The van der Waals surface area contributed by atoms with Gasteiger partial charge in [0.05, 0.1) is 0 Å². The first kappa shape index (κ1) is 7.50. The third-order valence-corrected chi connectivity index (χ3v) is 1.86. The summed E-state index contributed by atoms with van der Waals surface area (Å²) in [6, 6.07) is -1.57. The van der Waals surface area contributed by atoms with Crippen LogP contribution in [0, 0.1) is 0 Å². The van der Waals surface area contributed by atoms with E-state index in [1.165, 1.54) is 0 Å². The second-order valence-corrected chi connectivity index (χ2v) is 2.55. The van der Waals surface area contributed by atoms with Gasteiger partial charge in [0, 0.05) is 0 Å². The van der Waals surface area contributed by atoms with Gasteiger partial charge in [0.1, 0.15) is 12.1 Å². The summed E-state index contributed by atoms with van der Waals surface area (Å²) in [6.45, 7) is 0. The predicted octanol–water partition coefficient (Wildman–Crippen LogP) is -3.44. The van der Waals surface area contributed by atoms with Gasteiger partial charge in [-0.15, -0.1) is 0 Å². The highest BCUT2D eigenvalue weighted by Crippen LogP contribution is 2.09. The minimum Gasteiger partial charge on any atom is -0.288 e. The highest BCUT2D eigenvalue weighted by atomic mass is 16.2. The fourth-order valence-electron chi connectivity index (χ4n) is 1.23. The fraction of sp³-hybridized carbons (Fsp3) is 0.400. The Morgan fingerprint density at radius 2 is 1.25 bits per heavy atom. The molecule has 0 radical (unpaired) electrons. The lowest BCUT2D eigenvalue weighted by Crippen LogP contribution is -2.69. The molecule has 12 heavy (non-hydrogen) atoms. The number of nitrogens with one attached hydrogen (secondary N) is 4. The minimum atomic E-state index is -0.949. The van der Waals surface area contributed by atoms with Crippen molar-refractivity contribution < 1.29 is 14.4 Å². The van der Waals surface area contributed by atoms with E-state index in [4.69, 9.17) is 0 Å². The van der Waals surface area contributed by atoms with E-state index < -0.39 is 29.4 Å². The van der Waals surface area contributed by atoms with E-state index in [0.717, 1.165) is 0 Å². The maximum Gasteiger partial charge on any atom is 0.267 e. The first-order valence-corrected chi connectivity index (χ1v) is 3.35. The zero-order valence-electron chi connectivity index (χ0n) is 5.88. The van der Waals surface area contributed by atoms with Gasteiger partial charge < -0.3 is 0 Å². The van der Waals surface area contributed by atoms with Gasteiger partial charge in [-0.2, -0.15) is 11.1 Å². The van der Waals surface area contributed by atoms with Gasteiger partial charge in [-0.1, -0.05) is 0 Å². The number of ketones is 3. The molecule has 1 heterocycles. The molecular weight excluding hydrogens is 164 g/mol. The van der Waals surface area contributed by atoms with Gasteiger partial charge in [-0.25, -0.2) is 10.9 Å². The summed E-state index contributed by atoms with van der Waals surface area (Å²) in [4.78, 5) is 32.9. The standard InChI is InChI=1S/C5H6N4O3/c10-3-1-2(4(11)5(3)12)7-9-8-6-1/h1-2,6-9H. The number of carbonyl (C=O) groups excluding carboxylic acids is 3. The second-order valence-electron chi connectivity index (χ2n) is 2.55. The largest absolute Gasteiger partial charge is 0.288 e. The van der Waals surface area contributed by atoms with E-state index in [1.54, 1.807) is 0 Å². The zero-order chi connectivity index (χ0) is 8.72. The van der Waals surface area contributed by atoms with Crippen molar-refractivity contribution >= 4 is 17.3 Å². The van der Waals surface area contributed by atoms with E-state index in [1.807, 2.05) is 0 Å². The van der Waals surface area contributed by atoms with Crippen molar-refractivity contribution in [3.05, 3.63) is 0 Å². The van der Waals surface area contributed by atoms with Crippen LogP contribution >= 0.6 is 0 Å². The number of hydrogen-bond acceptors (Lipinski definition) is 7. The monoisotopic (exact) mass is 170 g/mol. The molecule has 7 heteroatoms. The Balaban J connectivity index is 2.31. The molecule has 1 saturated carbocycles. The summed E-state index contributed by atoms with van der Waals surface area (Å²) >= 11 is 0. The molecule has 1 aliphatic heterocycles. The average Bonchev–Trinajstić information content (AvgIpc) is 2.33. The maximum absolute atomic E-state index is 11.0. The van der Waals surface area contributed by atoms with Crippen LogP contribution in [-0.4, -0.2) is 29.4 Å². The molecule has 2 rings (SSSR count). The van der Waals surface area contributed by atoms with Crippen LogP contribution in [0.25, 0.3) is 0 Å². The van der Waals surface area contributed by atoms with Crippen LogP contribution < -0.4 is 21.9 Å².